The van der Waals surface area contributed by atoms with Gasteiger partial charge < -0.3 is 14.6 Å². The molecule has 0 aliphatic carbocycles. The molecule has 2 aliphatic rings. The lowest BCUT2D eigenvalue weighted by Crippen LogP contribution is -2.44. The zero-order valence-electron chi connectivity index (χ0n) is 16.2. The quantitative estimate of drug-likeness (QED) is 0.750. The Hall–Kier alpha value is -1.99. The summed E-state index contributed by atoms with van der Waals surface area (Å²) in [6, 6.07) is 14.3. The van der Waals surface area contributed by atoms with E-state index in [4.69, 9.17) is 9.47 Å². The van der Waals surface area contributed by atoms with Crippen LogP contribution in [0.2, 0.25) is 0 Å². The van der Waals surface area contributed by atoms with Gasteiger partial charge in [-0.1, -0.05) is 18.2 Å². The Kier molecular flexibility index (Phi) is 6.54. The molecule has 28 heavy (non-hydrogen) atoms. The molecule has 0 saturated carbocycles. The average molecular weight is 383 g/mol. The van der Waals surface area contributed by atoms with E-state index in [1.54, 1.807) is 0 Å². The molecule has 0 bridgehead atoms. The van der Waals surface area contributed by atoms with Gasteiger partial charge in [-0.15, -0.1) is 0 Å². The van der Waals surface area contributed by atoms with Crippen LogP contribution in [0.1, 0.15) is 17.2 Å². The van der Waals surface area contributed by atoms with E-state index >= 15 is 0 Å². The first-order chi connectivity index (χ1) is 13.8. The number of benzene rings is 1. The van der Waals surface area contributed by atoms with Crippen LogP contribution in [0.4, 0.5) is 0 Å². The third-order valence-electron chi connectivity index (χ3n) is 5.38. The molecule has 1 aromatic heterocycles. The van der Waals surface area contributed by atoms with Crippen molar-refractivity contribution in [3.8, 4) is 5.75 Å². The van der Waals surface area contributed by atoms with Crippen LogP contribution in [-0.2, 0) is 11.3 Å². The van der Waals surface area contributed by atoms with E-state index in [0.717, 1.165) is 51.7 Å². The third-order valence-corrected chi connectivity index (χ3v) is 5.38. The minimum Gasteiger partial charge on any atom is -0.491 e. The molecule has 0 unspecified atom stereocenters. The molecule has 2 saturated heterocycles. The zero-order valence-corrected chi connectivity index (χ0v) is 16.2. The van der Waals surface area contributed by atoms with E-state index in [1.165, 1.54) is 11.3 Å². The molecule has 150 valence electrons. The number of likely N-dealkylation sites (tertiary alicyclic amines) is 1. The van der Waals surface area contributed by atoms with Crippen LogP contribution in [0.15, 0.2) is 48.7 Å². The van der Waals surface area contributed by atoms with Crippen LogP contribution >= 0.6 is 0 Å². The monoisotopic (exact) mass is 383 g/mol. The second kappa shape index (κ2) is 9.47. The lowest BCUT2D eigenvalue weighted by molar-refractivity contribution is 0.00464. The van der Waals surface area contributed by atoms with Gasteiger partial charge in [0.15, 0.2) is 0 Å². The Morgan fingerprint density at radius 3 is 2.75 bits per heavy atom. The lowest BCUT2D eigenvalue weighted by Gasteiger charge is -2.39. The summed E-state index contributed by atoms with van der Waals surface area (Å²) in [6.07, 6.45) is 1.38. The van der Waals surface area contributed by atoms with Crippen molar-refractivity contribution in [3.63, 3.8) is 0 Å². The van der Waals surface area contributed by atoms with E-state index in [9.17, 15) is 5.11 Å². The van der Waals surface area contributed by atoms with Gasteiger partial charge in [-0.05, 0) is 29.8 Å². The molecular weight excluding hydrogens is 354 g/mol. The Bertz CT molecular complexity index is 731. The molecule has 1 aromatic carbocycles. The molecule has 3 heterocycles. The molecule has 4 rings (SSSR count). The molecule has 0 spiro atoms. The van der Waals surface area contributed by atoms with Gasteiger partial charge in [0.2, 0.25) is 0 Å². The predicted molar refractivity (Wildman–Crippen MR) is 107 cm³/mol. The summed E-state index contributed by atoms with van der Waals surface area (Å²) in [4.78, 5) is 9.10. The second-order valence-corrected chi connectivity index (χ2v) is 7.67. The molecule has 1 N–H and O–H groups in total. The summed E-state index contributed by atoms with van der Waals surface area (Å²) in [5.74, 6) is 1.36. The predicted octanol–water partition coefficient (Wildman–Crippen LogP) is 1.75. The maximum absolute atomic E-state index is 10.2. The smallest absolute Gasteiger partial charge is 0.119 e. The maximum atomic E-state index is 10.2. The number of morpholine rings is 1. The lowest BCUT2D eigenvalue weighted by atomic mass is 9.95. The van der Waals surface area contributed by atoms with E-state index in [1.807, 2.05) is 24.4 Å². The number of aliphatic hydroxyl groups excluding tert-OH is 1. The molecular formula is C22H29N3O3. The average Bonchev–Trinajstić information content (AvgIpc) is 2.71. The third kappa shape index (κ3) is 5.29. The van der Waals surface area contributed by atoms with Gasteiger partial charge in [0, 0.05) is 57.1 Å². The van der Waals surface area contributed by atoms with E-state index in [-0.39, 0.29) is 0 Å². The topological polar surface area (TPSA) is 58.1 Å². The number of nitrogens with zero attached hydrogens (tertiary/aromatic N) is 3. The first-order valence-corrected chi connectivity index (χ1v) is 10.1. The van der Waals surface area contributed by atoms with Crippen LogP contribution in [0.3, 0.4) is 0 Å². The van der Waals surface area contributed by atoms with E-state index < -0.39 is 6.10 Å². The standard InChI is InChI=1S/C22H29N3O3/c26-20(16-24-8-10-27-11-9-24)17-28-21-5-3-4-18(12-21)13-25-14-19(15-25)22-6-1-2-7-23-22/h1-7,12,19-20,26H,8-11,13-17H2/t20-/m0/s1. The molecule has 2 aromatic rings. The van der Waals surface area contributed by atoms with Crippen LogP contribution in [-0.4, -0.2) is 78.5 Å². The fraction of sp³-hybridized carbons (Fsp3) is 0.500. The first-order valence-electron chi connectivity index (χ1n) is 10.1. The minimum atomic E-state index is -0.490. The van der Waals surface area contributed by atoms with Crippen molar-refractivity contribution >= 4 is 0 Å². The van der Waals surface area contributed by atoms with Gasteiger partial charge in [0.1, 0.15) is 18.5 Å². The number of rotatable bonds is 8. The Morgan fingerprint density at radius 1 is 1.11 bits per heavy atom. The number of ether oxygens (including phenoxy) is 2. The Balaban J connectivity index is 1.21. The highest BCUT2D eigenvalue weighted by Gasteiger charge is 2.28. The fourth-order valence-electron chi connectivity index (χ4n) is 3.82. The maximum Gasteiger partial charge on any atom is 0.119 e. The number of β-amino-alcohol motifs (C(OH)–C–C–N with tert-alkyl or cyclic N) is 1. The van der Waals surface area contributed by atoms with Crippen LogP contribution in [0, 0.1) is 0 Å². The largest absolute Gasteiger partial charge is 0.491 e. The summed E-state index contributed by atoms with van der Waals surface area (Å²) in [5.41, 5.74) is 2.42. The molecule has 6 nitrogen and oxygen atoms in total. The number of aliphatic hydroxyl groups is 1. The Morgan fingerprint density at radius 2 is 1.96 bits per heavy atom. The molecule has 6 heteroatoms. The van der Waals surface area contributed by atoms with Crippen LogP contribution < -0.4 is 4.74 Å². The number of hydrogen-bond donors (Lipinski definition) is 1. The number of aromatic nitrogens is 1. The minimum absolute atomic E-state index is 0.312. The van der Waals surface area contributed by atoms with Crippen molar-refractivity contribution in [2.24, 2.45) is 0 Å². The van der Waals surface area contributed by atoms with E-state index in [2.05, 4.69) is 39.0 Å². The normalized spacial score (nSPS) is 19.9. The molecule has 1 atom stereocenters. The van der Waals surface area contributed by atoms with Crippen molar-refractivity contribution in [1.82, 2.24) is 14.8 Å². The number of pyridine rings is 1. The highest BCUT2D eigenvalue weighted by molar-refractivity contribution is 5.29. The van der Waals surface area contributed by atoms with E-state index in [0.29, 0.717) is 19.1 Å². The summed E-state index contributed by atoms with van der Waals surface area (Å²) < 4.78 is 11.2. The van der Waals surface area contributed by atoms with Gasteiger partial charge in [0.05, 0.1) is 13.2 Å². The SMILES string of the molecule is O[C@H](COc1cccc(CN2CC(c3ccccn3)C2)c1)CN1CCOCC1. The zero-order chi connectivity index (χ0) is 19.2. The second-order valence-electron chi connectivity index (χ2n) is 7.67. The summed E-state index contributed by atoms with van der Waals surface area (Å²) in [7, 11) is 0. The van der Waals surface area contributed by atoms with Crippen molar-refractivity contribution in [3.05, 3.63) is 59.9 Å². The van der Waals surface area contributed by atoms with Crippen LogP contribution in [0.5, 0.6) is 5.75 Å². The van der Waals surface area contributed by atoms with Gasteiger partial charge >= 0.3 is 0 Å². The summed E-state index contributed by atoms with van der Waals surface area (Å²) in [5, 5.41) is 10.2. The van der Waals surface area contributed by atoms with Gasteiger partial charge in [-0.2, -0.15) is 0 Å². The van der Waals surface area contributed by atoms with Gasteiger partial charge in [0.25, 0.3) is 0 Å². The van der Waals surface area contributed by atoms with Crippen molar-refractivity contribution in [2.75, 3.05) is 52.5 Å². The summed E-state index contributed by atoms with van der Waals surface area (Å²) >= 11 is 0. The molecule has 2 fully saturated rings. The summed E-state index contributed by atoms with van der Waals surface area (Å²) in [6.45, 7) is 7.18. The van der Waals surface area contributed by atoms with Gasteiger partial charge in [-0.3, -0.25) is 14.8 Å². The molecule has 0 radical (unpaired) electrons. The Labute approximate surface area is 166 Å². The highest BCUT2D eigenvalue weighted by atomic mass is 16.5. The highest BCUT2D eigenvalue weighted by Crippen LogP contribution is 2.27. The van der Waals surface area contributed by atoms with Gasteiger partial charge in [-0.25, -0.2) is 0 Å². The fourth-order valence-corrected chi connectivity index (χ4v) is 3.82. The van der Waals surface area contributed by atoms with Crippen molar-refractivity contribution in [1.29, 1.82) is 0 Å². The van der Waals surface area contributed by atoms with Crippen molar-refractivity contribution < 1.29 is 14.6 Å². The van der Waals surface area contributed by atoms with Crippen molar-refractivity contribution in [2.45, 2.75) is 18.6 Å². The number of hydrogen-bond acceptors (Lipinski definition) is 6. The molecule has 2 aliphatic heterocycles. The van der Waals surface area contributed by atoms with Crippen LogP contribution in [0.25, 0.3) is 0 Å². The first kappa shape index (κ1) is 19.3. The molecule has 0 amide bonds.